The second-order valence-corrected chi connectivity index (χ2v) is 6.67. The highest BCUT2D eigenvalue weighted by Crippen LogP contribution is 2.33. The molecule has 0 bridgehead atoms. The summed E-state index contributed by atoms with van der Waals surface area (Å²) in [5.41, 5.74) is -0.665. The summed E-state index contributed by atoms with van der Waals surface area (Å²) in [5, 5.41) is 0. The van der Waals surface area contributed by atoms with Crippen molar-refractivity contribution in [3.63, 3.8) is 0 Å². The molecule has 10 heteroatoms. The fraction of sp³-hybridized carbons (Fsp3) is 0.412. The summed E-state index contributed by atoms with van der Waals surface area (Å²) >= 11 is 0. The minimum absolute atomic E-state index is 0.0463. The third-order valence-corrected chi connectivity index (χ3v) is 4.57. The van der Waals surface area contributed by atoms with E-state index in [1.54, 1.807) is 0 Å². The van der Waals surface area contributed by atoms with Gasteiger partial charge in [0.25, 0.3) is 5.56 Å². The van der Waals surface area contributed by atoms with Gasteiger partial charge in [-0.1, -0.05) is 30.3 Å². The lowest BCUT2D eigenvalue weighted by molar-refractivity contribution is 0.0411. The summed E-state index contributed by atoms with van der Waals surface area (Å²) in [6.07, 6.45) is 1.37. The number of methoxy groups -OCH3 is 1. The second kappa shape index (κ2) is 11.1. The van der Waals surface area contributed by atoms with Gasteiger partial charge in [-0.3, -0.25) is 14.3 Å². The van der Waals surface area contributed by atoms with E-state index in [4.69, 9.17) is 13.8 Å². The van der Waals surface area contributed by atoms with Gasteiger partial charge in [-0.25, -0.2) is 4.79 Å². The smallest absolute Gasteiger partial charge is 0.329 e. The number of hydrogen-bond donors (Lipinski definition) is 2. The topological polar surface area (TPSA) is 103 Å². The molecule has 1 aromatic heterocycles. The van der Waals surface area contributed by atoms with Crippen molar-refractivity contribution in [1.82, 2.24) is 9.55 Å². The summed E-state index contributed by atoms with van der Waals surface area (Å²) in [7, 11) is -0.593. The molecule has 0 saturated heterocycles. The van der Waals surface area contributed by atoms with Crippen molar-refractivity contribution >= 4 is 8.60 Å². The summed E-state index contributed by atoms with van der Waals surface area (Å²) in [5.74, 6) is -1.04. The van der Waals surface area contributed by atoms with Gasteiger partial charge in [0.05, 0.1) is 25.5 Å². The van der Waals surface area contributed by atoms with Crippen molar-refractivity contribution in [2.24, 2.45) is 0 Å². The van der Waals surface area contributed by atoms with Crippen LogP contribution in [-0.2, 0) is 26.7 Å². The number of rotatable bonds is 11. The Balaban J connectivity index is 1.72. The van der Waals surface area contributed by atoms with Crippen LogP contribution in [0.4, 0.5) is 4.39 Å². The highest BCUT2D eigenvalue weighted by Gasteiger charge is 2.14. The van der Waals surface area contributed by atoms with E-state index in [0.29, 0.717) is 19.4 Å². The van der Waals surface area contributed by atoms with Crippen LogP contribution in [0.3, 0.4) is 0 Å². The van der Waals surface area contributed by atoms with E-state index in [9.17, 15) is 18.9 Å². The summed E-state index contributed by atoms with van der Waals surface area (Å²) in [4.78, 5) is 34.3. The number of aryl methyl sites for hydroxylation is 1. The first-order chi connectivity index (χ1) is 13.0. The molecule has 2 unspecified atom stereocenters. The molecule has 8 nitrogen and oxygen atoms in total. The molecule has 0 aliphatic heterocycles. The van der Waals surface area contributed by atoms with Crippen molar-refractivity contribution in [2.75, 3.05) is 20.3 Å². The van der Waals surface area contributed by atoms with Crippen LogP contribution in [0.5, 0.6) is 0 Å². The number of ether oxygens (including phenoxy) is 1. The average Bonchev–Trinajstić information content (AvgIpc) is 2.66. The Bertz CT molecular complexity index is 813. The molecule has 2 atom stereocenters. The predicted molar refractivity (Wildman–Crippen MR) is 97.9 cm³/mol. The number of H-pyrrole nitrogens is 1. The molecule has 0 spiro atoms. The van der Waals surface area contributed by atoms with Crippen LogP contribution >= 0.6 is 8.60 Å². The van der Waals surface area contributed by atoms with Crippen LogP contribution in [-0.4, -0.2) is 40.9 Å². The fourth-order valence-corrected chi connectivity index (χ4v) is 2.89. The van der Waals surface area contributed by atoms with Crippen molar-refractivity contribution in [2.45, 2.75) is 25.5 Å². The number of benzene rings is 1. The Labute approximate surface area is 156 Å². The van der Waals surface area contributed by atoms with E-state index in [1.165, 1.54) is 7.11 Å². The van der Waals surface area contributed by atoms with Gasteiger partial charge in [0.1, 0.15) is 0 Å². The molecule has 1 heterocycles. The summed E-state index contributed by atoms with van der Waals surface area (Å²) in [6.45, 7) is 0.479. The SMILES string of the molecule is COC(CCn1cc(F)c(=O)[nH]c1=O)COP(O)OCCc1ccccc1. The normalized spacial score (nSPS) is 13.4. The van der Waals surface area contributed by atoms with Crippen LogP contribution in [0.1, 0.15) is 12.0 Å². The van der Waals surface area contributed by atoms with Gasteiger partial charge in [0.15, 0.2) is 0 Å². The van der Waals surface area contributed by atoms with Gasteiger partial charge in [-0.15, -0.1) is 0 Å². The quantitative estimate of drug-likeness (QED) is 0.555. The molecule has 2 N–H and O–H groups in total. The summed E-state index contributed by atoms with van der Waals surface area (Å²) in [6, 6.07) is 9.71. The maximum atomic E-state index is 13.3. The molecule has 148 valence electrons. The third kappa shape index (κ3) is 7.32. The van der Waals surface area contributed by atoms with E-state index in [2.05, 4.69) is 0 Å². The molecule has 0 fully saturated rings. The number of halogens is 1. The van der Waals surface area contributed by atoms with Gasteiger partial charge < -0.3 is 18.7 Å². The minimum atomic E-state index is -2.05. The molecule has 0 aliphatic rings. The fourth-order valence-electron chi connectivity index (χ4n) is 2.27. The van der Waals surface area contributed by atoms with Crippen LogP contribution in [0, 0.1) is 5.82 Å². The van der Waals surface area contributed by atoms with E-state index < -0.39 is 31.8 Å². The zero-order valence-electron chi connectivity index (χ0n) is 14.8. The zero-order valence-corrected chi connectivity index (χ0v) is 15.7. The van der Waals surface area contributed by atoms with E-state index in [1.807, 2.05) is 35.3 Å². The number of hydrogen-bond acceptors (Lipinski definition) is 6. The monoisotopic (exact) mass is 400 g/mol. The van der Waals surface area contributed by atoms with E-state index >= 15 is 0 Å². The molecular weight excluding hydrogens is 378 g/mol. The Kier molecular flexibility index (Phi) is 8.77. The Morgan fingerprint density at radius 3 is 2.70 bits per heavy atom. The maximum Gasteiger partial charge on any atom is 0.329 e. The first-order valence-corrected chi connectivity index (χ1v) is 9.43. The van der Waals surface area contributed by atoms with Crippen LogP contribution in [0.25, 0.3) is 0 Å². The molecule has 0 radical (unpaired) electrons. The van der Waals surface area contributed by atoms with E-state index in [0.717, 1.165) is 16.3 Å². The van der Waals surface area contributed by atoms with Crippen LogP contribution < -0.4 is 11.2 Å². The van der Waals surface area contributed by atoms with Gasteiger partial charge in [-0.2, -0.15) is 4.39 Å². The molecular formula is C17H22FN2O6P. The van der Waals surface area contributed by atoms with Gasteiger partial charge >= 0.3 is 14.3 Å². The molecule has 0 saturated carbocycles. The first-order valence-electron chi connectivity index (χ1n) is 8.30. The lowest BCUT2D eigenvalue weighted by Crippen LogP contribution is -2.32. The van der Waals surface area contributed by atoms with Gasteiger partial charge in [-0.05, 0) is 18.4 Å². The maximum absolute atomic E-state index is 13.3. The standard InChI is InChI=1S/C17H22FN2O6P/c1-24-14(7-9-20-11-15(18)16(21)19-17(20)22)12-26-27(23)25-10-8-13-5-3-2-4-6-13/h2-6,11,14,23H,7-10,12H2,1H3,(H,19,21,22). The molecule has 27 heavy (non-hydrogen) atoms. The average molecular weight is 400 g/mol. The molecule has 0 aliphatic carbocycles. The number of nitrogens with one attached hydrogen (secondary N) is 1. The molecule has 1 aromatic carbocycles. The molecule has 2 rings (SSSR count). The third-order valence-electron chi connectivity index (χ3n) is 3.80. The highest BCUT2D eigenvalue weighted by atomic mass is 31.2. The van der Waals surface area contributed by atoms with Crippen molar-refractivity contribution in [3.8, 4) is 0 Å². The number of aromatic nitrogens is 2. The largest absolute Gasteiger partial charge is 0.379 e. The van der Waals surface area contributed by atoms with Gasteiger partial charge in [0, 0.05) is 13.7 Å². The Hall–Kier alpha value is -1.90. The molecule has 2 aromatic rings. The van der Waals surface area contributed by atoms with Crippen molar-refractivity contribution in [3.05, 3.63) is 68.7 Å². The van der Waals surface area contributed by atoms with Crippen LogP contribution in [0.2, 0.25) is 0 Å². The van der Waals surface area contributed by atoms with Gasteiger partial charge in [0.2, 0.25) is 5.82 Å². The Morgan fingerprint density at radius 1 is 1.26 bits per heavy atom. The summed E-state index contributed by atoms with van der Waals surface area (Å²) < 4.78 is 30.0. The predicted octanol–water partition coefficient (Wildman–Crippen LogP) is 1.58. The Morgan fingerprint density at radius 2 is 2.00 bits per heavy atom. The highest BCUT2D eigenvalue weighted by molar-refractivity contribution is 7.40. The molecule has 0 amide bonds. The minimum Gasteiger partial charge on any atom is -0.379 e. The lowest BCUT2D eigenvalue weighted by Gasteiger charge is -2.18. The zero-order chi connectivity index (χ0) is 19.6. The lowest BCUT2D eigenvalue weighted by atomic mass is 10.2. The van der Waals surface area contributed by atoms with Crippen molar-refractivity contribution < 1.29 is 23.1 Å². The number of aromatic amines is 1. The van der Waals surface area contributed by atoms with Crippen molar-refractivity contribution in [1.29, 1.82) is 0 Å². The number of nitrogens with zero attached hydrogens (tertiary/aromatic N) is 1. The second-order valence-electron chi connectivity index (χ2n) is 5.68. The van der Waals surface area contributed by atoms with Crippen LogP contribution in [0.15, 0.2) is 46.1 Å². The van der Waals surface area contributed by atoms with E-state index in [-0.39, 0.29) is 13.2 Å². The first kappa shape index (κ1) is 21.4.